The van der Waals surface area contributed by atoms with Crippen LogP contribution < -0.4 is 5.32 Å². The summed E-state index contributed by atoms with van der Waals surface area (Å²) in [4.78, 5) is 11.7. The van der Waals surface area contributed by atoms with Crippen LogP contribution in [0.3, 0.4) is 0 Å². The number of alkyl carbamates (subject to hydrolysis) is 1. The van der Waals surface area contributed by atoms with Crippen LogP contribution in [0.25, 0.3) is 0 Å². The lowest BCUT2D eigenvalue weighted by molar-refractivity contribution is -0.0514. The predicted molar refractivity (Wildman–Crippen MR) is 68.7 cm³/mol. The maximum atomic E-state index is 11.7. The number of hydrogen-bond donors (Lipinski definition) is 1. The Kier molecular flexibility index (Phi) is 3.67. The third kappa shape index (κ3) is 2.58. The molecule has 3 aliphatic rings. The van der Waals surface area contributed by atoms with E-state index < -0.39 is 0 Å². The van der Waals surface area contributed by atoms with Gasteiger partial charge in [0.15, 0.2) is 6.29 Å². The first-order valence-electron chi connectivity index (χ1n) is 7.42. The maximum Gasteiger partial charge on any atom is 0.407 e. The van der Waals surface area contributed by atoms with E-state index in [2.05, 4.69) is 5.32 Å². The van der Waals surface area contributed by atoms with Gasteiger partial charge in [0.2, 0.25) is 0 Å². The van der Waals surface area contributed by atoms with Gasteiger partial charge in [0, 0.05) is 11.5 Å². The summed E-state index contributed by atoms with van der Waals surface area (Å²) >= 11 is 0. The fourth-order valence-corrected chi connectivity index (χ4v) is 3.95. The lowest BCUT2D eigenvalue weighted by Gasteiger charge is -2.43. The molecule has 0 unspecified atom stereocenters. The van der Waals surface area contributed by atoms with Gasteiger partial charge in [0.1, 0.15) is 6.10 Å². The van der Waals surface area contributed by atoms with Crippen LogP contribution in [0.1, 0.15) is 45.4 Å². The molecule has 3 rings (SSSR count). The van der Waals surface area contributed by atoms with Crippen LogP contribution in [-0.4, -0.2) is 37.2 Å². The van der Waals surface area contributed by atoms with Crippen molar-refractivity contribution < 1.29 is 19.0 Å². The normalized spacial score (nSPS) is 38.9. The lowest BCUT2D eigenvalue weighted by atomic mass is 9.78. The highest BCUT2D eigenvalue weighted by Gasteiger charge is 2.50. The van der Waals surface area contributed by atoms with Gasteiger partial charge in [-0.05, 0) is 39.0 Å². The van der Waals surface area contributed by atoms with E-state index in [0.717, 1.165) is 32.1 Å². The Bertz CT molecular complexity index is 342. The molecule has 0 aromatic carbocycles. The average molecular weight is 269 g/mol. The maximum absolute atomic E-state index is 11.7. The quantitative estimate of drug-likeness (QED) is 0.850. The van der Waals surface area contributed by atoms with Gasteiger partial charge in [-0.2, -0.15) is 0 Å². The molecule has 0 spiro atoms. The van der Waals surface area contributed by atoms with E-state index in [1.54, 1.807) is 0 Å². The summed E-state index contributed by atoms with van der Waals surface area (Å²) in [6.07, 6.45) is 6.09. The average Bonchev–Trinajstić information content (AvgIpc) is 2.98. The van der Waals surface area contributed by atoms with Crippen LogP contribution in [0.2, 0.25) is 0 Å². The number of amides is 1. The second-order valence-corrected chi connectivity index (χ2v) is 5.95. The van der Waals surface area contributed by atoms with Gasteiger partial charge in [0.05, 0.1) is 13.2 Å². The summed E-state index contributed by atoms with van der Waals surface area (Å²) in [5.41, 5.74) is -0.0483. The number of carbonyl (C=O) groups excluding carboxylic acids is 1. The zero-order valence-corrected chi connectivity index (χ0v) is 11.5. The third-order valence-corrected chi connectivity index (χ3v) is 4.81. The van der Waals surface area contributed by atoms with Gasteiger partial charge in [-0.1, -0.05) is 6.42 Å². The van der Waals surface area contributed by atoms with Crippen molar-refractivity contribution in [1.29, 1.82) is 0 Å². The Morgan fingerprint density at radius 3 is 2.95 bits per heavy atom. The van der Waals surface area contributed by atoms with Crippen molar-refractivity contribution in [3.05, 3.63) is 0 Å². The van der Waals surface area contributed by atoms with Crippen molar-refractivity contribution in [3.63, 3.8) is 0 Å². The number of cyclic esters (lactones) is 1. The Morgan fingerprint density at radius 1 is 1.37 bits per heavy atom. The summed E-state index contributed by atoms with van der Waals surface area (Å²) in [5, 5.41) is 3.10. The molecule has 5 nitrogen and oxygen atoms in total. The van der Waals surface area contributed by atoms with Crippen LogP contribution in [0.4, 0.5) is 4.79 Å². The number of fused-ring (bicyclic) bond motifs is 1. The summed E-state index contributed by atoms with van der Waals surface area (Å²) < 4.78 is 16.2. The van der Waals surface area contributed by atoms with E-state index in [9.17, 15) is 4.79 Å². The minimum Gasteiger partial charge on any atom is -0.446 e. The van der Waals surface area contributed by atoms with E-state index in [1.165, 1.54) is 6.42 Å². The first kappa shape index (κ1) is 13.2. The number of nitrogens with one attached hydrogen (secondary N) is 1. The highest BCUT2D eigenvalue weighted by atomic mass is 16.7. The molecule has 1 saturated carbocycles. The molecule has 19 heavy (non-hydrogen) atoms. The number of hydrogen-bond acceptors (Lipinski definition) is 4. The van der Waals surface area contributed by atoms with E-state index in [-0.39, 0.29) is 24.0 Å². The van der Waals surface area contributed by atoms with E-state index in [4.69, 9.17) is 14.2 Å². The zero-order valence-electron chi connectivity index (χ0n) is 11.5. The molecule has 1 amide bonds. The first-order valence-corrected chi connectivity index (χ1v) is 7.42. The van der Waals surface area contributed by atoms with E-state index >= 15 is 0 Å². The van der Waals surface area contributed by atoms with Crippen molar-refractivity contribution >= 4 is 6.09 Å². The van der Waals surface area contributed by atoms with Crippen LogP contribution in [0.5, 0.6) is 0 Å². The summed E-state index contributed by atoms with van der Waals surface area (Å²) in [5.74, 6) is 0.454. The van der Waals surface area contributed by atoms with Gasteiger partial charge in [-0.15, -0.1) is 0 Å². The summed E-state index contributed by atoms with van der Waals surface area (Å²) in [6.45, 7) is 3.44. The van der Waals surface area contributed by atoms with Crippen LogP contribution >= 0.6 is 0 Å². The second-order valence-electron chi connectivity index (χ2n) is 5.95. The first-order chi connectivity index (χ1) is 9.20. The molecule has 1 N–H and O–H groups in total. The molecule has 108 valence electrons. The van der Waals surface area contributed by atoms with Gasteiger partial charge in [0.25, 0.3) is 0 Å². The largest absolute Gasteiger partial charge is 0.446 e. The molecule has 3 fully saturated rings. The lowest BCUT2D eigenvalue weighted by Crippen LogP contribution is -2.59. The number of ether oxygens (including phenoxy) is 3. The van der Waals surface area contributed by atoms with E-state index in [1.807, 2.05) is 6.92 Å². The zero-order chi connectivity index (χ0) is 13.3. The Labute approximate surface area is 114 Å². The minimum atomic E-state index is -0.251. The fourth-order valence-electron chi connectivity index (χ4n) is 3.95. The van der Waals surface area contributed by atoms with Crippen molar-refractivity contribution in [2.45, 2.75) is 63.4 Å². The molecule has 0 bridgehead atoms. The molecule has 1 aliphatic carbocycles. The second kappa shape index (κ2) is 5.29. The molecule has 0 aromatic heterocycles. The van der Waals surface area contributed by atoms with Crippen molar-refractivity contribution in [1.82, 2.24) is 5.32 Å². The predicted octanol–water partition coefficient (Wildman–Crippen LogP) is 2.20. The Morgan fingerprint density at radius 2 is 2.16 bits per heavy atom. The highest BCUT2D eigenvalue weighted by molar-refractivity contribution is 5.69. The van der Waals surface area contributed by atoms with E-state index in [0.29, 0.717) is 19.1 Å². The molecule has 3 atom stereocenters. The van der Waals surface area contributed by atoms with Crippen molar-refractivity contribution in [3.8, 4) is 0 Å². The molecule has 2 aliphatic heterocycles. The molecular formula is C14H23NO4. The third-order valence-electron chi connectivity index (χ3n) is 4.81. The standard InChI is InChI=1S/C14H23NO4/c1-10-11-4-2-6-14(11,15-13(16)19-10)7-3-5-12-17-8-9-18-12/h10-12H,2-9H2,1H3,(H,15,16)/t10-,11-,14+/m1/s1. The van der Waals surface area contributed by atoms with Crippen LogP contribution in [0.15, 0.2) is 0 Å². The summed E-state index contributed by atoms with van der Waals surface area (Å²) in [7, 11) is 0. The molecule has 0 radical (unpaired) electrons. The van der Waals surface area contributed by atoms with Crippen LogP contribution in [-0.2, 0) is 14.2 Å². The molecule has 5 heteroatoms. The van der Waals surface area contributed by atoms with Crippen molar-refractivity contribution in [2.75, 3.05) is 13.2 Å². The van der Waals surface area contributed by atoms with Crippen molar-refractivity contribution in [2.24, 2.45) is 5.92 Å². The SMILES string of the molecule is C[C@H]1OC(=O)N[C@]2(CCCC3OCCO3)CCC[C@H]12. The monoisotopic (exact) mass is 269 g/mol. The van der Waals surface area contributed by atoms with Crippen LogP contribution in [0, 0.1) is 5.92 Å². The Hall–Kier alpha value is -0.810. The molecular weight excluding hydrogens is 246 g/mol. The van der Waals surface area contributed by atoms with Gasteiger partial charge < -0.3 is 19.5 Å². The van der Waals surface area contributed by atoms with Gasteiger partial charge in [-0.3, -0.25) is 0 Å². The molecule has 2 saturated heterocycles. The minimum absolute atomic E-state index is 0.0373. The highest BCUT2D eigenvalue weighted by Crippen LogP contribution is 2.44. The topological polar surface area (TPSA) is 56.8 Å². The Balaban J connectivity index is 1.58. The smallest absolute Gasteiger partial charge is 0.407 e. The van der Waals surface area contributed by atoms with Gasteiger partial charge >= 0.3 is 6.09 Å². The summed E-state index contributed by atoms with van der Waals surface area (Å²) in [6, 6.07) is 0. The number of carbonyl (C=O) groups is 1. The van der Waals surface area contributed by atoms with Gasteiger partial charge in [-0.25, -0.2) is 4.79 Å². The molecule has 0 aromatic rings. The number of rotatable bonds is 4. The fraction of sp³-hybridized carbons (Fsp3) is 0.929. The molecule has 2 heterocycles.